The van der Waals surface area contributed by atoms with Crippen LogP contribution in [0.2, 0.25) is 0 Å². The molecule has 0 fully saturated rings. The molecular formula is C29H37FN4O3S. The molecule has 1 unspecified atom stereocenters. The number of nitrogens with zero attached hydrogens (tertiary/aromatic N) is 1. The van der Waals surface area contributed by atoms with Gasteiger partial charge in [0, 0.05) is 43.5 Å². The van der Waals surface area contributed by atoms with Gasteiger partial charge in [0.1, 0.15) is 16.5 Å². The molecule has 204 valence electrons. The van der Waals surface area contributed by atoms with E-state index in [0.29, 0.717) is 18.9 Å². The number of nitrogens with one attached hydrogen (secondary N) is 2. The van der Waals surface area contributed by atoms with Crippen molar-refractivity contribution in [3.63, 3.8) is 0 Å². The first-order chi connectivity index (χ1) is 18.4. The molecule has 7 nitrogen and oxygen atoms in total. The molecule has 3 aromatic rings. The highest BCUT2D eigenvalue weighted by atomic mass is 32.2. The Morgan fingerprint density at radius 3 is 2.76 bits per heavy atom. The lowest BCUT2D eigenvalue weighted by Gasteiger charge is -2.35. The van der Waals surface area contributed by atoms with Gasteiger partial charge < -0.3 is 15.8 Å². The Morgan fingerprint density at radius 2 is 2.00 bits per heavy atom. The predicted octanol–water partition coefficient (Wildman–Crippen LogP) is 3.94. The largest absolute Gasteiger partial charge is 0.497 e. The van der Waals surface area contributed by atoms with Gasteiger partial charge in [0.2, 0.25) is 10.0 Å². The van der Waals surface area contributed by atoms with Crippen molar-refractivity contribution in [1.29, 1.82) is 0 Å². The van der Waals surface area contributed by atoms with Crippen LogP contribution in [0.3, 0.4) is 0 Å². The first-order valence-electron chi connectivity index (χ1n) is 13.2. The van der Waals surface area contributed by atoms with Gasteiger partial charge in [-0.3, -0.25) is 4.98 Å². The molecule has 0 aliphatic heterocycles. The van der Waals surface area contributed by atoms with E-state index in [0.717, 1.165) is 43.9 Å². The number of ether oxygens (including phenoxy) is 1. The first-order valence-corrected chi connectivity index (χ1v) is 14.6. The van der Waals surface area contributed by atoms with Crippen LogP contribution >= 0.6 is 0 Å². The summed E-state index contributed by atoms with van der Waals surface area (Å²) in [6, 6.07) is 16.1. The minimum atomic E-state index is -3.86. The van der Waals surface area contributed by atoms with Crippen molar-refractivity contribution in [3.8, 4) is 5.75 Å². The maximum absolute atomic E-state index is 13.8. The third-order valence-electron chi connectivity index (χ3n) is 7.20. The number of halogens is 1. The van der Waals surface area contributed by atoms with Crippen LogP contribution in [0, 0.1) is 5.82 Å². The SMILES string of the molecule is COc1ccc2c(c1)CC[C@@H](NCC(N)CCCCNS(=O)(=O)c1ccccc1F)[C@H]2Cc1cccnc1. The zero-order chi connectivity index (χ0) is 27.0. The number of aryl methyl sites for hydroxylation is 1. The summed E-state index contributed by atoms with van der Waals surface area (Å²) < 4.78 is 46.4. The van der Waals surface area contributed by atoms with Crippen molar-refractivity contribution in [3.05, 3.63) is 89.5 Å². The molecule has 0 bridgehead atoms. The van der Waals surface area contributed by atoms with E-state index in [4.69, 9.17) is 10.5 Å². The van der Waals surface area contributed by atoms with Crippen LogP contribution < -0.4 is 20.5 Å². The molecule has 1 aliphatic carbocycles. The second kappa shape index (κ2) is 13.3. The van der Waals surface area contributed by atoms with Crippen molar-refractivity contribution >= 4 is 10.0 Å². The average molecular weight is 541 g/mol. The monoisotopic (exact) mass is 540 g/mol. The molecule has 3 atom stereocenters. The number of methoxy groups -OCH3 is 1. The average Bonchev–Trinajstić information content (AvgIpc) is 2.92. The van der Waals surface area contributed by atoms with Crippen LogP contribution in [0.5, 0.6) is 5.75 Å². The quantitative estimate of drug-likeness (QED) is 0.284. The Bertz CT molecular complexity index is 1290. The minimum absolute atomic E-state index is 0.0468. The molecule has 4 N–H and O–H groups in total. The number of pyridine rings is 1. The summed E-state index contributed by atoms with van der Waals surface area (Å²) in [5.74, 6) is 0.432. The van der Waals surface area contributed by atoms with Gasteiger partial charge in [0.15, 0.2) is 0 Å². The lowest BCUT2D eigenvalue weighted by atomic mass is 9.76. The molecular weight excluding hydrogens is 503 g/mol. The second-order valence-electron chi connectivity index (χ2n) is 9.87. The van der Waals surface area contributed by atoms with Gasteiger partial charge in [-0.1, -0.05) is 30.7 Å². The van der Waals surface area contributed by atoms with E-state index in [1.165, 1.54) is 34.9 Å². The summed E-state index contributed by atoms with van der Waals surface area (Å²) in [6.45, 7) is 0.924. The fourth-order valence-electron chi connectivity index (χ4n) is 5.17. The Balaban J connectivity index is 1.27. The molecule has 0 saturated carbocycles. The lowest BCUT2D eigenvalue weighted by molar-refractivity contribution is 0.365. The summed E-state index contributed by atoms with van der Waals surface area (Å²) in [5, 5.41) is 3.72. The molecule has 0 spiro atoms. The smallest absolute Gasteiger partial charge is 0.243 e. The molecule has 9 heteroatoms. The van der Waals surface area contributed by atoms with Gasteiger partial charge in [0.05, 0.1) is 7.11 Å². The van der Waals surface area contributed by atoms with Gasteiger partial charge in [-0.2, -0.15) is 0 Å². The Hall–Kier alpha value is -2.85. The Kier molecular flexibility index (Phi) is 9.85. The van der Waals surface area contributed by atoms with Crippen molar-refractivity contribution < 1.29 is 17.5 Å². The molecule has 0 amide bonds. The molecule has 1 aliphatic rings. The number of rotatable bonds is 13. The molecule has 1 aromatic heterocycles. The molecule has 38 heavy (non-hydrogen) atoms. The zero-order valence-corrected chi connectivity index (χ0v) is 22.6. The normalized spacial score (nSPS) is 18.1. The van der Waals surface area contributed by atoms with Crippen LogP contribution in [0.25, 0.3) is 0 Å². The van der Waals surface area contributed by atoms with Gasteiger partial charge in [-0.15, -0.1) is 0 Å². The van der Waals surface area contributed by atoms with E-state index in [9.17, 15) is 12.8 Å². The van der Waals surface area contributed by atoms with Gasteiger partial charge in [-0.25, -0.2) is 17.5 Å². The summed E-state index contributed by atoms with van der Waals surface area (Å²) in [7, 11) is -2.16. The standard InChI is InChI=1S/C29H37FN4O3S/c1-37-24-12-13-25-22(18-24)11-14-28(26(25)17-21-7-6-15-32-19-21)33-20-23(31)8-4-5-16-34-38(35,36)29-10-3-2-9-27(29)30/h2-3,6-7,9-10,12-13,15,18-19,23,26,28,33-34H,4-5,8,11,14,16-17,20,31H2,1H3/t23?,26-,28+/m0/s1. The third-order valence-corrected chi connectivity index (χ3v) is 8.69. The van der Waals surface area contributed by atoms with Gasteiger partial charge >= 0.3 is 0 Å². The maximum Gasteiger partial charge on any atom is 0.243 e. The van der Waals surface area contributed by atoms with Gasteiger partial charge in [0.25, 0.3) is 0 Å². The van der Waals surface area contributed by atoms with Crippen LogP contribution in [-0.4, -0.2) is 45.7 Å². The number of aromatic nitrogens is 1. The summed E-state index contributed by atoms with van der Waals surface area (Å²) in [4.78, 5) is 3.97. The Labute approximate surface area is 225 Å². The molecule has 0 radical (unpaired) electrons. The van der Waals surface area contributed by atoms with Crippen molar-refractivity contribution in [1.82, 2.24) is 15.0 Å². The topological polar surface area (TPSA) is 106 Å². The third kappa shape index (κ3) is 7.38. The minimum Gasteiger partial charge on any atom is -0.497 e. The van der Waals surface area contributed by atoms with E-state index >= 15 is 0 Å². The van der Waals surface area contributed by atoms with E-state index in [1.54, 1.807) is 13.3 Å². The molecule has 2 aromatic carbocycles. The zero-order valence-electron chi connectivity index (χ0n) is 21.8. The van der Waals surface area contributed by atoms with Crippen LogP contribution in [0.4, 0.5) is 4.39 Å². The van der Waals surface area contributed by atoms with Crippen molar-refractivity contribution in [2.75, 3.05) is 20.2 Å². The number of hydrogen-bond donors (Lipinski definition) is 3. The number of benzene rings is 2. The van der Waals surface area contributed by atoms with Gasteiger partial charge in [-0.05, 0) is 79.1 Å². The summed E-state index contributed by atoms with van der Waals surface area (Å²) in [6.07, 6.45) is 8.77. The van der Waals surface area contributed by atoms with E-state index in [1.807, 2.05) is 18.3 Å². The predicted molar refractivity (Wildman–Crippen MR) is 147 cm³/mol. The Morgan fingerprint density at radius 1 is 1.16 bits per heavy atom. The second-order valence-corrected chi connectivity index (χ2v) is 11.6. The molecule has 4 rings (SSSR count). The fourth-order valence-corrected chi connectivity index (χ4v) is 6.32. The summed E-state index contributed by atoms with van der Waals surface area (Å²) >= 11 is 0. The molecule has 0 saturated heterocycles. The number of hydrogen-bond acceptors (Lipinski definition) is 6. The highest BCUT2D eigenvalue weighted by Gasteiger charge is 2.30. The highest BCUT2D eigenvalue weighted by molar-refractivity contribution is 7.89. The fraction of sp³-hybridized carbons (Fsp3) is 0.414. The van der Waals surface area contributed by atoms with Crippen molar-refractivity contribution in [2.45, 2.75) is 61.4 Å². The van der Waals surface area contributed by atoms with Crippen LogP contribution in [-0.2, 0) is 22.9 Å². The van der Waals surface area contributed by atoms with E-state index < -0.39 is 15.8 Å². The lowest BCUT2D eigenvalue weighted by Crippen LogP contribution is -2.44. The number of sulfonamides is 1. The first kappa shape index (κ1) is 28.2. The number of fused-ring (bicyclic) bond motifs is 1. The van der Waals surface area contributed by atoms with E-state index in [2.05, 4.69) is 33.2 Å². The highest BCUT2D eigenvalue weighted by Crippen LogP contribution is 2.36. The summed E-state index contributed by atoms with van der Waals surface area (Å²) in [5.41, 5.74) is 10.3. The molecule has 1 heterocycles. The maximum atomic E-state index is 13.8. The number of nitrogens with two attached hydrogens (primary N) is 1. The van der Waals surface area contributed by atoms with Crippen molar-refractivity contribution in [2.24, 2.45) is 5.73 Å². The van der Waals surface area contributed by atoms with Crippen LogP contribution in [0.1, 0.15) is 48.3 Å². The number of unbranched alkanes of at least 4 members (excludes halogenated alkanes) is 1. The van der Waals surface area contributed by atoms with Crippen LogP contribution in [0.15, 0.2) is 71.9 Å². The van der Waals surface area contributed by atoms with E-state index in [-0.39, 0.29) is 23.5 Å².